The number of amides is 1. The van der Waals surface area contributed by atoms with Gasteiger partial charge in [-0.1, -0.05) is 29.3 Å². The Labute approximate surface area is 172 Å². The molecular formula is C19H12Cl2F3N3O2. The number of hydrogen-bond donors (Lipinski definition) is 1. The van der Waals surface area contributed by atoms with Crippen LogP contribution in [-0.4, -0.2) is 15.5 Å². The van der Waals surface area contributed by atoms with Gasteiger partial charge >= 0.3 is 6.18 Å². The molecule has 0 aliphatic carbocycles. The molecule has 5 nitrogen and oxygen atoms in total. The summed E-state index contributed by atoms with van der Waals surface area (Å²) in [6, 6.07) is 9.33. The number of nitrogens with one attached hydrogen (secondary N) is 1. The smallest absolute Gasteiger partial charge is 0.321 e. The van der Waals surface area contributed by atoms with E-state index in [0.717, 1.165) is 23.9 Å². The summed E-state index contributed by atoms with van der Waals surface area (Å²) >= 11 is 11.8. The minimum absolute atomic E-state index is 0.0553. The van der Waals surface area contributed by atoms with Gasteiger partial charge in [0.2, 0.25) is 0 Å². The zero-order valence-electron chi connectivity index (χ0n) is 14.5. The van der Waals surface area contributed by atoms with E-state index < -0.39 is 17.8 Å². The highest BCUT2D eigenvalue weighted by Crippen LogP contribution is 2.27. The lowest BCUT2D eigenvalue weighted by atomic mass is 10.2. The Balaban J connectivity index is 1.77. The second-order valence-corrected chi connectivity index (χ2v) is 6.83. The molecule has 0 bridgehead atoms. The summed E-state index contributed by atoms with van der Waals surface area (Å²) in [5, 5.41) is 3.25. The summed E-state index contributed by atoms with van der Waals surface area (Å²) < 4.78 is 39.0. The van der Waals surface area contributed by atoms with Crippen molar-refractivity contribution in [3.63, 3.8) is 0 Å². The SMILES string of the molecule is O=C(Nc1ccc(=O)n(Cc2ccc(Cl)c(Cl)c2)c1)c1ccc(C(F)(F)F)nc1. The van der Waals surface area contributed by atoms with Crippen LogP contribution < -0.4 is 10.9 Å². The van der Waals surface area contributed by atoms with E-state index in [-0.39, 0.29) is 23.4 Å². The van der Waals surface area contributed by atoms with Crippen molar-refractivity contribution in [1.82, 2.24) is 9.55 Å². The molecule has 0 spiro atoms. The number of hydrogen-bond acceptors (Lipinski definition) is 3. The van der Waals surface area contributed by atoms with Crippen molar-refractivity contribution >= 4 is 34.8 Å². The lowest BCUT2D eigenvalue weighted by Crippen LogP contribution is -2.21. The second-order valence-electron chi connectivity index (χ2n) is 6.02. The Kier molecular flexibility index (Phi) is 5.95. The van der Waals surface area contributed by atoms with Crippen LogP contribution in [-0.2, 0) is 12.7 Å². The van der Waals surface area contributed by atoms with Crippen LogP contribution in [0.4, 0.5) is 18.9 Å². The minimum atomic E-state index is -4.59. The highest BCUT2D eigenvalue weighted by molar-refractivity contribution is 6.42. The number of aromatic nitrogens is 2. The maximum Gasteiger partial charge on any atom is 0.433 e. The number of halogens is 5. The van der Waals surface area contributed by atoms with Crippen molar-refractivity contribution in [2.24, 2.45) is 0 Å². The van der Waals surface area contributed by atoms with Crippen molar-refractivity contribution in [2.45, 2.75) is 12.7 Å². The number of pyridine rings is 2. The fourth-order valence-corrected chi connectivity index (χ4v) is 2.78. The average Bonchev–Trinajstić information content (AvgIpc) is 2.67. The van der Waals surface area contributed by atoms with Crippen molar-refractivity contribution in [3.05, 3.63) is 92.1 Å². The van der Waals surface area contributed by atoms with Crippen LogP contribution in [0.3, 0.4) is 0 Å². The lowest BCUT2D eigenvalue weighted by molar-refractivity contribution is -0.141. The fourth-order valence-electron chi connectivity index (χ4n) is 2.46. The Morgan fingerprint density at radius 3 is 2.45 bits per heavy atom. The number of nitrogens with zero attached hydrogens (tertiary/aromatic N) is 2. The van der Waals surface area contributed by atoms with Gasteiger partial charge in [-0.3, -0.25) is 14.6 Å². The standard InChI is InChI=1S/C19H12Cl2F3N3O2/c20-14-4-1-11(7-15(14)21)9-27-10-13(3-6-17(27)28)26-18(29)12-2-5-16(25-8-12)19(22,23)24/h1-8,10H,9H2,(H,26,29). The van der Waals surface area contributed by atoms with Crippen LogP contribution in [0.25, 0.3) is 0 Å². The van der Waals surface area contributed by atoms with Gasteiger partial charge in [0.1, 0.15) is 5.69 Å². The number of carbonyl (C=O) groups excluding carboxylic acids is 1. The molecule has 0 saturated heterocycles. The van der Waals surface area contributed by atoms with Crippen LogP contribution in [0, 0.1) is 0 Å². The highest BCUT2D eigenvalue weighted by Gasteiger charge is 2.32. The molecule has 3 rings (SSSR count). The zero-order chi connectivity index (χ0) is 21.2. The van der Waals surface area contributed by atoms with Gasteiger partial charge in [0.15, 0.2) is 0 Å². The summed E-state index contributed by atoms with van der Waals surface area (Å²) in [6.45, 7) is 0.182. The van der Waals surface area contributed by atoms with Gasteiger partial charge in [-0.05, 0) is 35.9 Å². The normalized spacial score (nSPS) is 11.3. The maximum atomic E-state index is 12.6. The van der Waals surface area contributed by atoms with Crippen LogP contribution in [0.2, 0.25) is 10.0 Å². The summed E-state index contributed by atoms with van der Waals surface area (Å²) in [7, 11) is 0. The molecule has 2 heterocycles. The largest absolute Gasteiger partial charge is 0.433 e. The quantitative estimate of drug-likeness (QED) is 0.627. The molecule has 0 saturated carbocycles. The molecule has 0 radical (unpaired) electrons. The minimum Gasteiger partial charge on any atom is -0.321 e. The Hall–Kier alpha value is -2.84. The van der Waals surface area contributed by atoms with Crippen molar-refractivity contribution in [1.29, 1.82) is 0 Å². The number of alkyl halides is 3. The maximum absolute atomic E-state index is 12.6. The molecule has 0 aliphatic rings. The van der Waals surface area contributed by atoms with E-state index in [2.05, 4.69) is 10.3 Å². The number of benzene rings is 1. The van der Waals surface area contributed by atoms with E-state index in [9.17, 15) is 22.8 Å². The summed E-state index contributed by atoms with van der Waals surface area (Å²) in [5.74, 6) is -0.661. The molecule has 0 fully saturated rings. The van der Waals surface area contributed by atoms with E-state index in [4.69, 9.17) is 23.2 Å². The highest BCUT2D eigenvalue weighted by atomic mass is 35.5. The average molecular weight is 442 g/mol. The fraction of sp³-hybridized carbons (Fsp3) is 0.105. The molecule has 0 unspecified atom stereocenters. The first-order chi connectivity index (χ1) is 13.6. The number of carbonyl (C=O) groups is 1. The molecule has 0 atom stereocenters. The van der Waals surface area contributed by atoms with E-state index in [1.54, 1.807) is 18.2 Å². The zero-order valence-corrected chi connectivity index (χ0v) is 16.0. The number of rotatable bonds is 4. The molecular weight excluding hydrogens is 430 g/mol. The third-order valence-corrected chi connectivity index (χ3v) is 4.63. The second kappa shape index (κ2) is 8.26. The molecule has 1 amide bonds. The molecule has 3 aromatic rings. The summed E-state index contributed by atoms with van der Waals surface area (Å²) in [6.07, 6.45) is -2.33. The van der Waals surface area contributed by atoms with Gasteiger partial charge < -0.3 is 9.88 Å². The van der Waals surface area contributed by atoms with E-state index in [1.807, 2.05) is 0 Å². The summed E-state index contributed by atoms with van der Waals surface area (Å²) in [4.78, 5) is 27.6. The monoisotopic (exact) mass is 441 g/mol. The van der Waals surface area contributed by atoms with E-state index in [0.29, 0.717) is 10.0 Å². The molecule has 0 aliphatic heterocycles. The number of anilines is 1. The van der Waals surface area contributed by atoms with Gasteiger partial charge in [0.25, 0.3) is 11.5 Å². The molecule has 2 aromatic heterocycles. The molecule has 10 heteroatoms. The predicted molar refractivity (Wildman–Crippen MR) is 103 cm³/mol. The first kappa shape index (κ1) is 20.9. The summed E-state index contributed by atoms with van der Waals surface area (Å²) in [5.41, 5.74) is -0.457. The van der Waals surface area contributed by atoms with Gasteiger partial charge in [-0.2, -0.15) is 13.2 Å². The van der Waals surface area contributed by atoms with Crippen molar-refractivity contribution in [3.8, 4) is 0 Å². The Morgan fingerprint density at radius 1 is 1.07 bits per heavy atom. The molecule has 1 aromatic carbocycles. The first-order valence-electron chi connectivity index (χ1n) is 8.12. The van der Waals surface area contributed by atoms with E-state index >= 15 is 0 Å². The van der Waals surface area contributed by atoms with Crippen LogP contribution >= 0.6 is 23.2 Å². The van der Waals surface area contributed by atoms with Crippen LogP contribution in [0.15, 0.2) is 59.7 Å². The van der Waals surface area contributed by atoms with Crippen LogP contribution in [0.1, 0.15) is 21.6 Å². The van der Waals surface area contributed by atoms with Gasteiger partial charge in [-0.25, -0.2) is 0 Å². The van der Waals surface area contributed by atoms with Crippen molar-refractivity contribution in [2.75, 3.05) is 5.32 Å². The lowest BCUT2D eigenvalue weighted by Gasteiger charge is -2.11. The van der Waals surface area contributed by atoms with Gasteiger partial charge in [0.05, 0.1) is 27.8 Å². The van der Waals surface area contributed by atoms with Gasteiger partial charge in [-0.15, -0.1) is 0 Å². The van der Waals surface area contributed by atoms with Crippen LogP contribution in [0.5, 0.6) is 0 Å². The third kappa shape index (κ3) is 5.16. The van der Waals surface area contributed by atoms with Crippen molar-refractivity contribution < 1.29 is 18.0 Å². The first-order valence-corrected chi connectivity index (χ1v) is 8.88. The Bertz CT molecular complexity index is 1110. The topological polar surface area (TPSA) is 64.0 Å². The molecule has 1 N–H and O–H groups in total. The Morgan fingerprint density at radius 2 is 1.83 bits per heavy atom. The predicted octanol–water partition coefficient (Wildman–Crippen LogP) is 4.87. The molecule has 29 heavy (non-hydrogen) atoms. The van der Waals surface area contributed by atoms with E-state index in [1.165, 1.54) is 22.9 Å². The third-order valence-electron chi connectivity index (χ3n) is 3.89. The molecule has 150 valence electrons. The van der Waals surface area contributed by atoms with Gasteiger partial charge in [0, 0.05) is 18.5 Å².